The highest BCUT2D eigenvalue weighted by molar-refractivity contribution is 7.89. The topological polar surface area (TPSA) is 64.0 Å². The molecule has 0 unspecified atom stereocenters. The van der Waals surface area contributed by atoms with Gasteiger partial charge in [0.15, 0.2) is 0 Å². The number of benzene rings is 2. The van der Waals surface area contributed by atoms with Gasteiger partial charge in [0.05, 0.1) is 22.3 Å². The Morgan fingerprint density at radius 3 is 2.62 bits per heavy atom. The summed E-state index contributed by atoms with van der Waals surface area (Å²) in [5.74, 6) is 0. The first kappa shape index (κ1) is 16.7. The molecule has 0 aliphatic rings. The van der Waals surface area contributed by atoms with Crippen molar-refractivity contribution in [1.29, 1.82) is 0 Å². The maximum atomic E-state index is 12.5. The third kappa shape index (κ3) is 3.20. The van der Waals surface area contributed by atoms with Crippen LogP contribution in [0.2, 0.25) is 0 Å². The first-order valence-corrected chi connectivity index (χ1v) is 9.37. The second-order valence-corrected chi connectivity index (χ2v) is 7.89. The molecule has 0 aliphatic carbocycles. The minimum Gasteiger partial charge on any atom is -0.328 e. The van der Waals surface area contributed by atoms with Crippen LogP contribution in [0.25, 0.3) is 11.0 Å². The Bertz CT molecular complexity index is 975. The molecule has 1 N–H and O–H groups in total. The number of nitrogens with zero attached hydrogens (tertiary/aromatic N) is 2. The van der Waals surface area contributed by atoms with E-state index >= 15 is 0 Å². The molecular formula is C18H21N3O2S. The van der Waals surface area contributed by atoms with Crippen molar-refractivity contribution < 1.29 is 8.42 Å². The van der Waals surface area contributed by atoms with Crippen LogP contribution in [0.3, 0.4) is 0 Å². The van der Waals surface area contributed by atoms with Gasteiger partial charge in [0.1, 0.15) is 0 Å². The summed E-state index contributed by atoms with van der Waals surface area (Å²) < 4.78 is 29.7. The summed E-state index contributed by atoms with van der Waals surface area (Å²) in [6, 6.07) is 13.1. The summed E-state index contributed by atoms with van der Waals surface area (Å²) in [5, 5.41) is 0. The molecule has 126 valence electrons. The molecule has 6 heteroatoms. The van der Waals surface area contributed by atoms with Crippen molar-refractivity contribution in [2.24, 2.45) is 0 Å². The highest BCUT2D eigenvalue weighted by Crippen LogP contribution is 2.19. The number of aryl methyl sites for hydroxylation is 1. The molecule has 0 radical (unpaired) electrons. The molecule has 0 fully saturated rings. The number of hydrogen-bond donors (Lipinski definition) is 1. The fourth-order valence-electron chi connectivity index (χ4n) is 2.71. The lowest BCUT2D eigenvalue weighted by atomic mass is 10.2. The van der Waals surface area contributed by atoms with E-state index in [-0.39, 0.29) is 6.54 Å². The number of nitrogens with one attached hydrogen (secondary N) is 1. The van der Waals surface area contributed by atoms with Crippen molar-refractivity contribution in [1.82, 2.24) is 14.3 Å². The minimum absolute atomic E-state index is 0.237. The van der Waals surface area contributed by atoms with E-state index in [1.165, 1.54) is 0 Å². The van der Waals surface area contributed by atoms with Gasteiger partial charge in [-0.2, -0.15) is 0 Å². The molecular weight excluding hydrogens is 322 g/mol. The molecule has 0 spiro atoms. The molecule has 0 atom stereocenters. The van der Waals surface area contributed by atoms with Crippen LogP contribution in [0.15, 0.2) is 53.7 Å². The molecule has 1 aromatic heterocycles. The van der Waals surface area contributed by atoms with Crippen molar-refractivity contribution in [3.63, 3.8) is 0 Å². The number of rotatable bonds is 5. The Kier molecular flexibility index (Phi) is 4.43. The fourth-order valence-corrected chi connectivity index (χ4v) is 3.97. The van der Waals surface area contributed by atoms with Gasteiger partial charge >= 0.3 is 0 Å². The van der Waals surface area contributed by atoms with Crippen LogP contribution in [0.4, 0.5) is 0 Å². The maximum absolute atomic E-state index is 12.5. The summed E-state index contributed by atoms with van der Waals surface area (Å²) in [6.45, 7) is 6.23. The van der Waals surface area contributed by atoms with Gasteiger partial charge in [0.2, 0.25) is 10.0 Å². The summed E-state index contributed by atoms with van der Waals surface area (Å²) >= 11 is 0. The van der Waals surface area contributed by atoms with Crippen LogP contribution in [0, 0.1) is 6.92 Å². The van der Waals surface area contributed by atoms with E-state index in [1.54, 1.807) is 25.1 Å². The van der Waals surface area contributed by atoms with Gasteiger partial charge in [-0.25, -0.2) is 18.1 Å². The van der Waals surface area contributed by atoms with Gasteiger partial charge in [-0.15, -0.1) is 0 Å². The molecule has 2 aromatic carbocycles. The SMILES string of the molecule is Cc1ccccc1S(=O)(=O)NCc1ccc2c(c1)ncn2C(C)C. The Labute approximate surface area is 142 Å². The van der Waals surface area contributed by atoms with Gasteiger partial charge in [0.25, 0.3) is 0 Å². The third-order valence-corrected chi connectivity index (χ3v) is 5.61. The Morgan fingerprint density at radius 2 is 1.92 bits per heavy atom. The molecule has 1 heterocycles. The first-order valence-electron chi connectivity index (χ1n) is 7.89. The number of aromatic nitrogens is 2. The lowest BCUT2D eigenvalue weighted by Crippen LogP contribution is -2.23. The monoisotopic (exact) mass is 343 g/mol. The lowest BCUT2D eigenvalue weighted by molar-refractivity contribution is 0.580. The zero-order valence-corrected chi connectivity index (χ0v) is 14.8. The van der Waals surface area contributed by atoms with Crippen LogP contribution < -0.4 is 4.72 Å². The average Bonchev–Trinajstić information content (AvgIpc) is 2.96. The Morgan fingerprint density at radius 1 is 1.17 bits per heavy atom. The number of sulfonamides is 1. The summed E-state index contributed by atoms with van der Waals surface area (Å²) in [6.07, 6.45) is 1.82. The van der Waals surface area contributed by atoms with Gasteiger partial charge in [0, 0.05) is 12.6 Å². The Hall–Kier alpha value is -2.18. The highest BCUT2D eigenvalue weighted by Gasteiger charge is 2.16. The standard InChI is InChI=1S/C18H21N3O2S/c1-13(2)21-12-19-16-10-15(8-9-17(16)21)11-20-24(22,23)18-7-5-4-6-14(18)3/h4-10,12-13,20H,11H2,1-3H3. The predicted molar refractivity (Wildman–Crippen MR) is 95.3 cm³/mol. The van der Waals surface area contributed by atoms with Gasteiger partial charge < -0.3 is 4.57 Å². The molecule has 3 aromatic rings. The molecule has 0 aliphatic heterocycles. The summed E-state index contributed by atoms with van der Waals surface area (Å²) in [4.78, 5) is 4.72. The lowest BCUT2D eigenvalue weighted by Gasteiger charge is -2.10. The molecule has 0 bridgehead atoms. The zero-order valence-electron chi connectivity index (χ0n) is 14.0. The maximum Gasteiger partial charge on any atom is 0.241 e. The van der Waals surface area contributed by atoms with Crippen LogP contribution in [0.5, 0.6) is 0 Å². The van der Waals surface area contributed by atoms with E-state index < -0.39 is 10.0 Å². The molecule has 0 amide bonds. The number of imidazole rings is 1. The van der Waals surface area contributed by atoms with Gasteiger partial charge in [-0.1, -0.05) is 24.3 Å². The van der Waals surface area contributed by atoms with Crippen molar-refractivity contribution in [3.8, 4) is 0 Å². The Balaban J connectivity index is 1.82. The van der Waals surface area contributed by atoms with Gasteiger partial charge in [-0.05, 0) is 50.1 Å². The van der Waals surface area contributed by atoms with Crippen molar-refractivity contribution in [2.75, 3.05) is 0 Å². The van der Waals surface area contributed by atoms with Crippen molar-refractivity contribution in [2.45, 2.75) is 38.3 Å². The summed E-state index contributed by atoms with van der Waals surface area (Å²) in [7, 11) is -3.53. The largest absolute Gasteiger partial charge is 0.328 e. The summed E-state index contributed by atoms with van der Waals surface area (Å²) in [5.41, 5.74) is 3.54. The van der Waals surface area contributed by atoms with Crippen LogP contribution in [-0.4, -0.2) is 18.0 Å². The molecule has 5 nitrogen and oxygen atoms in total. The van der Waals surface area contributed by atoms with Crippen LogP contribution in [0.1, 0.15) is 31.0 Å². The quantitative estimate of drug-likeness (QED) is 0.772. The normalized spacial score (nSPS) is 12.2. The van der Waals surface area contributed by atoms with Crippen LogP contribution in [-0.2, 0) is 16.6 Å². The second kappa shape index (κ2) is 6.37. The van der Waals surface area contributed by atoms with Crippen molar-refractivity contribution in [3.05, 3.63) is 59.9 Å². The van der Waals surface area contributed by atoms with E-state index in [9.17, 15) is 8.42 Å². The third-order valence-electron chi connectivity index (χ3n) is 4.04. The first-order chi connectivity index (χ1) is 11.4. The highest BCUT2D eigenvalue weighted by atomic mass is 32.2. The predicted octanol–water partition coefficient (Wildman–Crippen LogP) is 3.40. The van der Waals surface area contributed by atoms with Crippen LogP contribution >= 0.6 is 0 Å². The minimum atomic E-state index is -3.53. The van der Waals surface area contributed by atoms with E-state index in [0.29, 0.717) is 10.9 Å². The van der Waals surface area contributed by atoms with E-state index in [0.717, 1.165) is 22.2 Å². The van der Waals surface area contributed by atoms with E-state index in [4.69, 9.17) is 0 Å². The fraction of sp³-hybridized carbons (Fsp3) is 0.278. The molecule has 3 rings (SSSR count). The van der Waals surface area contributed by atoms with Crippen molar-refractivity contribution >= 4 is 21.1 Å². The van der Waals surface area contributed by atoms with Gasteiger partial charge in [-0.3, -0.25) is 0 Å². The second-order valence-electron chi connectivity index (χ2n) is 6.16. The molecule has 0 saturated carbocycles. The molecule has 24 heavy (non-hydrogen) atoms. The zero-order chi connectivity index (χ0) is 17.3. The average molecular weight is 343 g/mol. The number of fused-ring (bicyclic) bond motifs is 1. The molecule has 0 saturated heterocycles. The number of hydrogen-bond acceptors (Lipinski definition) is 3. The smallest absolute Gasteiger partial charge is 0.241 e. The van der Waals surface area contributed by atoms with E-state index in [2.05, 4.69) is 28.1 Å². The van der Waals surface area contributed by atoms with E-state index in [1.807, 2.05) is 30.6 Å².